The van der Waals surface area contributed by atoms with Crippen LogP contribution < -0.4 is 11.1 Å². The Bertz CT molecular complexity index is 214. The van der Waals surface area contributed by atoms with E-state index in [0.717, 1.165) is 18.4 Å². The van der Waals surface area contributed by atoms with Crippen LogP contribution >= 0.6 is 0 Å². The Morgan fingerprint density at radius 3 is 2.50 bits per heavy atom. The molecule has 0 heterocycles. The fourth-order valence-electron chi connectivity index (χ4n) is 2.98. The fourth-order valence-corrected chi connectivity index (χ4v) is 2.98. The molecule has 2 fully saturated rings. The number of fused-ring (bicyclic) bond motifs is 1. The average molecular weight is 196 g/mol. The smallest absolute Gasteiger partial charge is 0.0188 e. The molecule has 3 N–H and O–H groups in total. The van der Waals surface area contributed by atoms with Crippen molar-refractivity contribution < 1.29 is 0 Å². The van der Waals surface area contributed by atoms with Gasteiger partial charge in [0.1, 0.15) is 0 Å². The molecule has 82 valence electrons. The third kappa shape index (κ3) is 1.59. The summed E-state index contributed by atoms with van der Waals surface area (Å²) in [6.45, 7) is 7.75. The Balaban J connectivity index is 1.75. The van der Waals surface area contributed by atoms with Crippen molar-refractivity contribution in [1.82, 2.24) is 5.32 Å². The Morgan fingerprint density at radius 2 is 2.14 bits per heavy atom. The summed E-state index contributed by atoms with van der Waals surface area (Å²) in [7, 11) is 0. The number of hydrogen-bond acceptors (Lipinski definition) is 2. The molecule has 4 atom stereocenters. The normalized spacial score (nSPS) is 42.6. The molecule has 2 aliphatic carbocycles. The van der Waals surface area contributed by atoms with E-state index in [0.29, 0.717) is 17.5 Å². The van der Waals surface area contributed by atoms with Crippen LogP contribution in [-0.4, -0.2) is 18.1 Å². The SMILES string of the molecule is CC(C)C(N)CNC1(C)CC2CCC21. The molecule has 2 aliphatic rings. The second kappa shape index (κ2) is 3.49. The Labute approximate surface area is 87.6 Å². The van der Waals surface area contributed by atoms with Gasteiger partial charge >= 0.3 is 0 Å². The van der Waals surface area contributed by atoms with Crippen molar-refractivity contribution in [2.75, 3.05) is 6.54 Å². The Hall–Kier alpha value is -0.0800. The van der Waals surface area contributed by atoms with E-state index in [1.807, 2.05) is 0 Å². The van der Waals surface area contributed by atoms with Crippen LogP contribution in [0, 0.1) is 17.8 Å². The molecule has 4 unspecified atom stereocenters. The minimum atomic E-state index is 0.311. The first-order valence-corrected chi connectivity index (χ1v) is 6.03. The molecule has 0 saturated heterocycles. The lowest BCUT2D eigenvalue weighted by atomic mass is 9.49. The zero-order valence-electron chi connectivity index (χ0n) is 9.72. The van der Waals surface area contributed by atoms with Crippen LogP contribution in [0.25, 0.3) is 0 Å². The zero-order chi connectivity index (χ0) is 10.3. The van der Waals surface area contributed by atoms with Crippen molar-refractivity contribution in [2.24, 2.45) is 23.5 Å². The summed E-state index contributed by atoms with van der Waals surface area (Å²) in [5.41, 5.74) is 6.46. The molecule has 14 heavy (non-hydrogen) atoms. The van der Waals surface area contributed by atoms with Gasteiger partial charge < -0.3 is 11.1 Å². The van der Waals surface area contributed by atoms with Gasteiger partial charge in [-0.25, -0.2) is 0 Å². The molecule has 0 bridgehead atoms. The first-order valence-electron chi connectivity index (χ1n) is 6.03. The third-order valence-electron chi connectivity index (χ3n) is 4.52. The van der Waals surface area contributed by atoms with E-state index in [9.17, 15) is 0 Å². The molecular formula is C12H24N2. The number of nitrogens with one attached hydrogen (secondary N) is 1. The van der Waals surface area contributed by atoms with Gasteiger partial charge in [-0.05, 0) is 43.9 Å². The van der Waals surface area contributed by atoms with Gasteiger partial charge in [0.2, 0.25) is 0 Å². The van der Waals surface area contributed by atoms with Gasteiger partial charge in [0.25, 0.3) is 0 Å². The molecule has 2 heteroatoms. The summed E-state index contributed by atoms with van der Waals surface area (Å²) in [6.07, 6.45) is 4.28. The van der Waals surface area contributed by atoms with E-state index in [2.05, 4.69) is 26.1 Å². The maximum Gasteiger partial charge on any atom is 0.0188 e. The lowest BCUT2D eigenvalue weighted by Crippen LogP contribution is -2.66. The summed E-state index contributed by atoms with van der Waals surface area (Å²) in [4.78, 5) is 0. The molecule has 2 saturated carbocycles. The molecule has 0 amide bonds. The van der Waals surface area contributed by atoms with E-state index in [1.54, 1.807) is 0 Å². The van der Waals surface area contributed by atoms with Gasteiger partial charge in [-0.3, -0.25) is 0 Å². The van der Waals surface area contributed by atoms with Crippen LogP contribution in [0.4, 0.5) is 0 Å². The minimum Gasteiger partial charge on any atom is -0.326 e. The molecule has 0 radical (unpaired) electrons. The summed E-state index contributed by atoms with van der Waals surface area (Å²) in [5, 5.41) is 3.68. The van der Waals surface area contributed by atoms with Crippen LogP contribution in [0.5, 0.6) is 0 Å². The Kier molecular flexibility index (Phi) is 2.61. The predicted molar refractivity (Wildman–Crippen MR) is 60.1 cm³/mol. The third-order valence-corrected chi connectivity index (χ3v) is 4.52. The minimum absolute atomic E-state index is 0.311. The zero-order valence-corrected chi connectivity index (χ0v) is 9.72. The topological polar surface area (TPSA) is 38.0 Å². The molecule has 2 nitrogen and oxygen atoms in total. The molecule has 0 aromatic heterocycles. The fraction of sp³-hybridized carbons (Fsp3) is 1.00. The highest BCUT2D eigenvalue weighted by Crippen LogP contribution is 2.56. The standard InChI is InChI=1S/C12H24N2/c1-8(2)11(13)7-14-12(3)6-9-4-5-10(9)12/h8-11,14H,4-7,13H2,1-3H3. The molecular weight excluding hydrogens is 172 g/mol. The summed E-state index contributed by atoms with van der Waals surface area (Å²) >= 11 is 0. The predicted octanol–water partition coefficient (Wildman–Crippen LogP) is 1.75. The lowest BCUT2D eigenvalue weighted by molar-refractivity contribution is -0.0628. The van der Waals surface area contributed by atoms with Crippen LogP contribution in [0.3, 0.4) is 0 Å². The van der Waals surface area contributed by atoms with Crippen LogP contribution in [0.2, 0.25) is 0 Å². The summed E-state index contributed by atoms with van der Waals surface area (Å²) < 4.78 is 0. The average Bonchev–Trinajstić information content (AvgIpc) is 2.09. The van der Waals surface area contributed by atoms with Gasteiger partial charge in [-0.15, -0.1) is 0 Å². The van der Waals surface area contributed by atoms with E-state index < -0.39 is 0 Å². The van der Waals surface area contributed by atoms with E-state index in [4.69, 9.17) is 5.73 Å². The van der Waals surface area contributed by atoms with Crippen molar-refractivity contribution in [3.63, 3.8) is 0 Å². The highest BCUT2D eigenvalue weighted by atomic mass is 15.0. The van der Waals surface area contributed by atoms with Gasteiger partial charge in [0, 0.05) is 18.1 Å². The van der Waals surface area contributed by atoms with Gasteiger partial charge in [0.05, 0.1) is 0 Å². The van der Waals surface area contributed by atoms with Crippen LogP contribution in [0.1, 0.15) is 40.0 Å². The van der Waals surface area contributed by atoms with Crippen LogP contribution in [-0.2, 0) is 0 Å². The largest absolute Gasteiger partial charge is 0.326 e. The summed E-state index contributed by atoms with van der Waals surface area (Å²) in [6, 6.07) is 0.311. The molecule has 0 aromatic carbocycles. The van der Waals surface area contributed by atoms with E-state index in [-0.39, 0.29) is 0 Å². The molecule has 2 rings (SSSR count). The van der Waals surface area contributed by atoms with E-state index in [1.165, 1.54) is 19.3 Å². The first-order chi connectivity index (χ1) is 6.53. The van der Waals surface area contributed by atoms with Crippen LogP contribution in [0.15, 0.2) is 0 Å². The molecule has 0 aromatic rings. The van der Waals surface area contributed by atoms with Gasteiger partial charge in [-0.2, -0.15) is 0 Å². The molecule has 0 aliphatic heterocycles. The second-order valence-electron chi connectivity index (χ2n) is 5.85. The Morgan fingerprint density at radius 1 is 1.43 bits per heavy atom. The molecule has 0 spiro atoms. The van der Waals surface area contributed by atoms with Crippen molar-refractivity contribution in [3.8, 4) is 0 Å². The monoisotopic (exact) mass is 196 g/mol. The highest BCUT2D eigenvalue weighted by Gasteiger charge is 2.54. The highest BCUT2D eigenvalue weighted by molar-refractivity contribution is 5.10. The lowest BCUT2D eigenvalue weighted by Gasteiger charge is -2.61. The van der Waals surface area contributed by atoms with Gasteiger partial charge in [0.15, 0.2) is 0 Å². The summed E-state index contributed by atoms with van der Waals surface area (Å²) in [5.74, 6) is 2.59. The van der Waals surface area contributed by atoms with Crippen molar-refractivity contribution in [2.45, 2.75) is 51.6 Å². The van der Waals surface area contributed by atoms with Crippen molar-refractivity contribution >= 4 is 0 Å². The number of hydrogen-bond donors (Lipinski definition) is 2. The maximum atomic E-state index is 6.04. The van der Waals surface area contributed by atoms with Crippen molar-refractivity contribution in [1.29, 1.82) is 0 Å². The maximum absolute atomic E-state index is 6.04. The quantitative estimate of drug-likeness (QED) is 0.719. The van der Waals surface area contributed by atoms with E-state index >= 15 is 0 Å². The number of nitrogens with two attached hydrogens (primary N) is 1. The number of rotatable bonds is 4. The second-order valence-corrected chi connectivity index (χ2v) is 5.85. The van der Waals surface area contributed by atoms with Gasteiger partial charge in [-0.1, -0.05) is 13.8 Å². The first kappa shape index (κ1) is 10.4. The van der Waals surface area contributed by atoms with Crippen molar-refractivity contribution in [3.05, 3.63) is 0 Å².